The number of carbonyl (C=O) groups excluding carboxylic acids is 2. The van der Waals surface area contributed by atoms with Gasteiger partial charge in [0, 0.05) is 18.3 Å². The van der Waals surface area contributed by atoms with Gasteiger partial charge in [-0.25, -0.2) is 0 Å². The molecule has 20 heavy (non-hydrogen) atoms. The minimum absolute atomic E-state index is 0.168. The summed E-state index contributed by atoms with van der Waals surface area (Å²) >= 11 is 1.75. The summed E-state index contributed by atoms with van der Waals surface area (Å²) in [7, 11) is 0. The van der Waals surface area contributed by atoms with E-state index >= 15 is 0 Å². The number of amides is 2. The summed E-state index contributed by atoms with van der Waals surface area (Å²) in [5.41, 5.74) is 0. The Hall–Kier alpha value is -0.710. The van der Waals surface area contributed by atoms with Crippen molar-refractivity contribution in [3.63, 3.8) is 0 Å². The number of piperazine rings is 1. The number of hydrogen-bond donors (Lipinski definition) is 0. The maximum atomic E-state index is 12.9. The van der Waals surface area contributed by atoms with Crippen molar-refractivity contribution in [3.05, 3.63) is 0 Å². The molecule has 0 spiro atoms. The summed E-state index contributed by atoms with van der Waals surface area (Å²) in [6, 6.07) is -0.279. The maximum Gasteiger partial charge on any atom is 0.246 e. The summed E-state index contributed by atoms with van der Waals surface area (Å²) in [4.78, 5) is 29.4. The molecule has 0 saturated carbocycles. The van der Waals surface area contributed by atoms with Crippen LogP contribution in [0, 0.1) is 5.92 Å². The van der Waals surface area contributed by atoms with Crippen LogP contribution in [0.15, 0.2) is 0 Å². The number of thioether (sulfide) groups is 1. The summed E-state index contributed by atoms with van der Waals surface area (Å²) in [5.74, 6) is 1.43. The second kappa shape index (κ2) is 6.37. The van der Waals surface area contributed by atoms with E-state index in [1.165, 1.54) is 0 Å². The highest BCUT2D eigenvalue weighted by molar-refractivity contribution is 7.98. The van der Waals surface area contributed by atoms with Crippen molar-refractivity contribution in [1.82, 2.24) is 9.80 Å². The van der Waals surface area contributed by atoms with Gasteiger partial charge in [0.2, 0.25) is 11.8 Å². The van der Waals surface area contributed by atoms with E-state index in [1.54, 1.807) is 11.8 Å². The molecule has 0 bridgehead atoms. The van der Waals surface area contributed by atoms with Crippen LogP contribution in [0.4, 0.5) is 0 Å². The number of rotatable bonds is 5. The van der Waals surface area contributed by atoms with Gasteiger partial charge in [-0.2, -0.15) is 11.8 Å². The van der Waals surface area contributed by atoms with Gasteiger partial charge in [0.1, 0.15) is 12.1 Å². The summed E-state index contributed by atoms with van der Waals surface area (Å²) in [5, 5.41) is 0. The van der Waals surface area contributed by atoms with E-state index in [0.29, 0.717) is 0 Å². The van der Waals surface area contributed by atoms with Crippen LogP contribution in [0.3, 0.4) is 0 Å². The average molecular weight is 298 g/mol. The molecule has 0 radical (unpaired) electrons. The third kappa shape index (κ3) is 2.57. The zero-order chi connectivity index (χ0) is 14.9. The van der Waals surface area contributed by atoms with Crippen LogP contribution < -0.4 is 0 Å². The van der Waals surface area contributed by atoms with Crippen LogP contribution in [0.2, 0.25) is 0 Å². The summed E-state index contributed by atoms with van der Waals surface area (Å²) < 4.78 is 0. The molecule has 2 fully saturated rings. The molecule has 0 aromatic rings. The van der Waals surface area contributed by atoms with Crippen LogP contribution in [0.25, 0.3) is 0 Å². The number of fused-ring (bicyclic) bond motifs is 1. The summed E-state index contributed by atoms with van der Waals surface area (Å²) in [6.07, 6.45) is 4.77. The monoisotopic (exact) mass is 298 g/mol. The van der Waals surface area contributed by atoms with Crippen molar-refractivity contribution in [2.24, 2.45) is 5.92 Å². The molecule has 2 heterocycles. The van der Waals surface area contributed by atoms with Crippen molar-refractivity contribution in [3.8, 4) is 0 Å². The molecule has 2 saturated heterocycles. The average Bonchev–Trinajstić information content (AvgIpc) is 2.89. The second-order valence-corrected chi connectivity index (χ2v) is 7.05. The molecular weight excluding hydrogens is 272 g/mol. The Morgan fingerprint density at radius 1 is 1.30 bits per heavy atom. The van der Waals surface area contributed by atoms with Gasteiger partial charge in [-0.3, -0.25) is 9.59 Å². The van der Waals surface area contributed by atoms with Crippen LogP contribution >= 0.6 is 11.8 Å². The number of nitrogens with zero attached hydrogens (tertiary/aromatic N) is 2. The minimum Gasteiger partial charge on any atom is -0.329 e. The van der Waals surface area contributed by atoms with Crippen LogP contribution in [-0.4, -0.2) is 58.3 Å². The largest absolute Gasteiger partial charge is 0.329 e. The van der Waals surface area contributed by atoms with Gasteiger partial charge in [-0.15, -0.1) is 0 Å². The number of hydrogen-bond acceptors (Lipinski definition) is 3. The van der Waals surface area contributed by atoms with Gasteiger partial charge in [-0.05, 0) is 31.4 Å². The minimum atomic E-state index is -0.269. The highest BCUT2D eigenvalue weighted by Crippen LogP contribution is 2.32. The van der Waals surface area contributed by atoms with Crippen molar-refractivity contribution >= 4 is 23.6 Å². The third-order valence-corrected chi connectivity index (χ3v) is 5.20. The van der Waals surface area contributed by atoms with E-state index in [4.69, 9.17) is 0 Å². The molecular formula is C15H26N2O2S. The molecule has 2 aliphatic heterocycles. The fourth-order valence-electron chi connectivity index (χ4n) is 3.49. The van der Waals surface area contributed by atoms with Gasteiger partial charge in [-0.1, -0.05) is 20.8 Å². The number of carbonyl (C=O) groups is 2. The SMILES string of the molecule is CCC(CSC)N1C(=O)C2CCCN2C(=O)C1C(C)C. The molecule has 5 heteroatoms. The van der Waals surface area contributed by atoms with E-state index in [0.717, 1.165) is 31.6 Å². The lowest BCUT2D eigenvalue weighted by Crippen LogP contribution is -2.66. The Kier molecular flexibility index (Phi) is 4.99. The molecule has 114 valence electrons. The molecule has 0 aromatic heterocycles. The molecule has 2 rings (SSSR count). The lowest BCUT2D eigenvalue weighted by Gasteiger charge is -2.47. The van der Waals surface area contributed by atoms with Crippen LogP contribution in [-0.2, 0) is 9.59 Å². The molecule has 0 N–H and O–H groups in total. The van der Waals surface area contributed by atoms with Crippen molar-refractivity contribution in [1.29, 1.82) is 0 Å². The molecule has 2 amide bonds. The van der Waals surface area contributed by atoms with Gasteiger partial charge in [0.25, 0.3) is 0 Å². The predicted molar refractivity (Wildman–Crippen MR) is 82.7 cm³/mol. The molecule has 3 unspecified atom stereocenters. The van der Waals surface area contributed by atoms with Gasteiger partial charge in [0.15, 0.2) is 0 Å². The fourth-order valence-corrected chi connectivity index (χ4v) is 4.27. The van der Waals surface area contributed by atoms with Crippen molar-refractivity contribution in [2.45, 2.75) is 58.2 Å². The lowest BCUT2D eigenvalue weighted by atomic mass is 9.93. The zero-order valence-electron chi connectivity index (χ0n) is 13.0. The van der Waals surface area contributed by atoms with E-state index in [2.05, 4.69) is 13.2 Å². The topological polar surface area (TPSA) is 40.6 Å². The summed E-state index contributed by atoms with van der Waals surface area (Å²) in [6.45, 7) is 6.96. The van der Waals surface area contributed by atoms with E-state index in [9.17, 15) is 9.59 Å². The Morgan fingerprint density at radius 3 is 2.55 bits per heavy atom. The first-order valence-electron chi connectivity index (χ1n) is 7.64. The Morgan fingerprint density at radius 2 is 2.00 bits per heavy atom. The van der Waals surface area contributed by atoms with Crippen molar-refractivity contribution < 1.29 is 9.59 Å². The smallest absolute Gasteiger partial charge is 0.246 e. The first kappa shape index (κ1) is 15.7. The quantitative estimate of drug-likeness (QED) is 0.779. The lowest BCUT2D eigenvalue weighted by molar-refractivity contribution is -0.163. The molecule has 0 aromatic carbocycles. The fraction of sp³-hybridized carbons (Fsp3) is 0.867. The Bertz CT molecular complexity index is 386. The van der Waals surface area contributed by atoms with Crippen molar-refractivity contribution in [2.75, 3.05) is 18.6 Å². The van der Waals surface area contributed by atoms with Gasteiger partial charge >= 0.3 is 0 Å². The zero-order valence-corrected chi connectivity index (χ0v) is 13.8. The maximum absolute atomic E-state index is 12.9. The second-order valence-electron chi connectivity index (χ2n) is 6.14. The van der Waals surface area contributed by atoms with Crippen LogP contribution in [0.5, 0.6) is 0 Å². The van der Waals surface area contributed by atoms with E-state index in [1.807, 2.05) is 23.6 Å². The van der Waals surface area contributed by atoms with Crippen LogP contribution in [0.1, 0.15) is 40.0 Å². The molecule has 0 aliphatic carbocycles. The molecule has 2 aliphatic rings. The van der Waals surface area contributed by atoms with Gasteiger partial charge < -0.3 is 9.80 Å². The Labute approximate surface area is 126 Å². The first-order chi connectivity index (χ1) is 9.52. The van der Waals surface area contributed by atoms with E-state index < -0.39 is 0 Å². The standard InChI is InChI=1S/C15H26N2O2S/c1-5-11(9-20-4)17-13(10(2)3)15(19)16-8-6-7-12(16)14(17)18/h10-13H,5-9H2,1-4H3. The predicted octanol–water partition coefficient (Wildman–Crippen LogP) is 1.99. The van der Waals surface area contributed by atoms with Gasteiger partial charge in [0.05, 0.1) is 0 Å². The highest BCUT2D eigenvalue weighted by Gasteiger charge is 2.50. The molecule has 3 atom stereocenters. The third-order valence-electron chi connectivity index (χ3n) is 4.48. The van der Waals surface area contributed by atoms with E-state index in [-0.39, 0.29) is 35.9 Å². The Balaban J connectivity index is 2.33. The first-order valence-corrected chi connectivity index (χ1v) is 9.03. The highest BCUT2D eigenvalue weighted by atomic mass is 32.2. The normalized spacial score (nSPS) is 28.2. The molecule has 4 nitrogen and oxygen atoms in total.